The predicted octanol–water partition coefficient (Wildman–Crippen LogP) is 3.01. The molecule has 198 valence electrons. The molecule has 0 fully saturated rings. The van der Waals surface area contributed by atoms with Gasteiger partial charge in [0, 0.05) is 30.9 Å². The lowest BCUT2D eigenvalue weighted by Crippen LogP contribution is -2.53. The van der Waals surface area contributed by atoms with Crippen molar-refractivity contribution in [3.05, 3.63) is 71.3 Å². The van der Waals surface area contributed by atoms with Crippen LogP contribution >= 0.6 is 12.6 Å². The number of aromatic nitrogens is 2. The van der Waals surface area contributed by atoms with Crippen LogP contribution in [0.4, 0.5) is 9.18 Å². The smallest absolute Gasteiger partial charge is 0.322 e. The molecule has 2 heterocycles. The summed E-state index contributed by atoms with van der Waals surface area (Å²) >= 11 is 4.75. The van der Waals surface area contributed by atoms with E-state index < -0.39 is 35.0 Å². The summed E-state index contributed by atoms with van der Waals surface area (Å²) in [6, 6.07) is 8.40. The molecule has 0 bridgehead atoms. The fraction of sp³-hybridized carbons (Fsp3) is 0.333. The van der Waals surface area contributed by atoms with Crippen LogP contribution in [0.3, 0.4) is 0 Å². The Morgan fingerprint density at radius 2 is 2.00 bits per heavy atom. The maximum absolute atomic E-state index is 13.8. The van der Waals surface area contributed by atoms with E-state index in [0.717, 1.165) is 21.6 Å². The second-order valence-corrected chi connectivity index (χ2v) is 10.6. The number of carbonyl (C=O) groups is 3. The van der Waals surface area contributed by atoms with Gasteiger partial charge in [-0.2, -0.15) is 17.7 Å². The zero-order chi connectivity index (χ0) is 27.2. The van der Waals surface area contributed by atoms with Gasteiger partial charge in [-0.1, -0.05) is 18.2 Å². The second-order valence-electron chi connectivity index (χ2n) is 9.80. The van der Waals surface area contributed by atoms with Gasteiger partial charge >= 0.3 is 6.03 Å². The van der Waals surface area contributed by atoms with Crippen molar-refractivity contribution >= 4 is 30.5 Å². The van der Waals surface area contributed by atoms with Crippen molar-refractivity contribution in [2.75, 3.05) is 13.2 Å². The number of primary amides is 1. The second kappa shape index (κ2) is 9.79. The van der Waals surface area contributed by atoms with E-state index >= 15 is 0 Å². The predicted molar refractivity (Wildman–Crippen MR) is 141 cm³/mol. The monoisotopic (exact) mass is 537 g/mol. The molecule has 2 aromatic carbocycles. The minimum Gasteiger partial charge on any atom is -0.491 e. The van der Waals surface area contributed by atoms with Crippen LogP contribution in [0.5, 0.6) is 5.75 Å². The number of fused-ring (bicyclic) bond motifs is 2. The number of urea groups is 1. The molecule has 5 rings (SSSR count). The summed E-state index contributed by atoms with van der Waals surface area (Å²) < 4.78 is 20.0. The van der Waals surface area contributed by atoms with Crippen LogP contribution in [0, 0.1) is 5.82 Å². The van der Waals surface area contributed by atoms with E-state index in [4.69, 9.17) is 23.1 Å². The van der Waals surface area contributed by atoms with Gasteiger partial charge in [0.2, 0.25) is 5.91 Å². The van der Waals surface area contributed by atoms with Crippen molar-refractivity contribution in [3.8, 4) is 16.9 Å². The number of ether oxygens (including phenoxy) is 1. The third-order valence-electron chi connectivity index (χ3n) is 7.20. The van der Waals surface area contributed by atoms with Crippen LogP contribution in [-0.4, -0.2) is 56.6 Å². The van der Waals surface area contributed by atoms with E-state index in [0.29, 0.717) is 29.7 Å². The first-order chi connectivity index (χ1) is 18.1. The van der Waals surface area contributed by atoms with Crippen molar-refractivity contribution < 1.29 is 23.5 Å². The number of nitrogens with two attached hydrogens (primary N) is 1. The third-order valence-corrected chi connectivity index (χ3v) is 7.85. The number of nitrogens with zero attached hydrogens (tertiary/aromatic N) is 4. The van der Waals surface area contributed by atoms with Gasteiger partial charge in [0.1, 0.15) is 29.5 Å². The van der Waals surface area contributed by atoms with Crippen LogP contribution in [0.1, 0.15) is 30.0 Å². The lowest BCUT2D eigenvalue weighted by molar-refractivity contribution is -0.141. The van der Waals surface area contributed by atoms with Crippen LogP contribution in [0.25, 0.3) is 11.1 Å². The van der Waals surface area contributed by atoms with Gasteiger partial charge in [0.15, 0.2) is 0 Å². The van der Waals surface area contributed by atoms with Crippen molar-refractivity contribution in [2.24, 2.45) is 12.8 Å². The summed E-state index contributed by atoms with van der Waals surface area (Å²) in [4.78, 5) is 41.8. The normalized spacial score (nSPS) is 20.2. The number of hydrogen-bond acceptors (Lipinski definition) is 6. The number of aryl methyl sites for hydroxylation is 2. The van der Waals surface area contributed by atoms with Crippen molar-refractivity contribution in [1.29, 1.82) is 0 Å². The van der Waals surface area contributed by atoms with E-state index in [2.05, 4.69) is 5.10 Å². The SMILES string of the molecule is C[C@@H]1COc2ccc(F)cc2CN1C(=O)CN(C(N)=O)C(=O)[C@]1(S)CCc2cc(-c3cnn(C)c3)ccc21. The zero-order valence-electron chi connectivity index (χ0n) is 21.1. The van der Waals surface area contributed by atoms with E-state index in [1.807, 2.05) is 31.4 Å². The Morgan fingerprint density at radius 3 is 2.71 bits per heavy atom. The van der Waals surface area contributed by atoms with E-state index in [1.165, 1.54) is 23.1 Å². The van der Waals surface area contributed by atoms with Crippen LogP contribution in [0.15, 0.2) is 48.8 Å². The maximum Gasteiger partial charge on any atom is 0.322 e. The molecule has 2 N–H and O–H groups in total. The van der Waals surface area contributed by atoms with Crippen LogP contribution in [-0.2, 0) is 34.3 Å². The zero-order valence-corrected chi connectivity index (χ0v) is 22.0. The molecule has 2 atom stereocenters. The average Bonchev–Trinajstić information content (AvgIpc) is 3.42. The standard InChI is InChI=1S/C27H28FN5O4S/c1-16-15-37-23-6-4-21(28)10-19(23)13-32(16)24(34)14-33(26(29)36)25(35)27(38)8-7-18-9-17(3-5-22(18)27)20-11-30-31(2)12-20/h3-6,9-12,16,38H,7-8,13-15H2,1-2H3,(H2,29,36)/t16-,27+/m1/s1. The van der Waals surface area contributed by atoms with E-state index in [9.17, 15) is 18.8 Å². The number of thiol groups is 1. The van der Waals surface area contributed by atoms with E-state index in [1.54, 1.807) is 17.8 Å². The van der Waals surface area contributed by atoms with Gasteiger partial charge in [-0.05, 0) is 54.7 Å². The van der Waals surface area contributed by atoms with Gasteiger partial charge in [-0.15, -0.1) is 0 Å². The number of hydrogen-bond donors (Lipinski definition) is 2. The molecule has 0 unspecified atom stereocenters. The highest BCUT2D eigenvalue weighted by molar-refractivity contribution is 7.82. The van der Waals surface area contributed by atoms with Gasteiger partial charge in [-0.3, -0.25) is 19.2 Å². The maximum atomic E-state index is 13.8. The highest BCUT2D eigenvalue weighted by atomic mass is 32.1. The lowest BCUT2D eigenvalue weighted by Gasteiger charge is -2.32. The van der Waals surface area contributed by atoms with Gasteiger partial charge < -0.3 is 15.4 Å². The van der Waals surface area contributed by atoms with Gasteiger partial charge in [0.05, 0.1) is 12.2 Å². The van der Waals surface area contributed by atoms with Gasteiger partial charge in [0.25, 0.3) is 5.91 Å². The topological polar surface area (TPSA) is 111 Å². The molecule has 3 aromatic rings. The summed E-state index contributed by atoms with van der Waals surface area (Å²) in [5.74, 6) is -1.13. The van der Waals surface area contributed by atoms with Crippen LogP contribution in [0.2, 0.25) is 0 Å². The summed E-state index contributed by atoms with van der Waals surface area (Å²) in [7, 11) is 1.84. The lowest BCUT2D eigenvalue weighted by atomic mass is 9.96. The highest BCUT2D eigenvalue weighted by Crippen LogP contribution is 2.44. The fourth-order valence-electron chi connectivity index (χ4n) is 5.11. The van der Waals surface area contributed by atoms with Gasteiger partial charge in [-0.25, -0.2) is 9.18 Å². The summed E-state index contributed by atoms with van der Waals surface area (Å²) in [5.41, 5.74) is 9.62. The summed E-state index contributed by atoms with van der Waals surface area (Å²) in [6.45, 7) is 1.47. The molecule has 0 saturated heterocycles. The largest absolute Gasteiger partial charge is 0.491 e. The van der Waals surface area contributed by atoms with Crippen molar-refractivity contribution in [2.45, 2.75) is 37.1 Å². The van der Waals surface area contributed by atoms with Crippen molar-refractivity contribution in [1.82, 2.24) is 19.6 Å². The highest BCUT2D eigenvalue weighted by Gasteiger charge is 2.46. The number of carbonyl (C=O) groups excluding carboxylic acids is 3. The first-order valence-electron chi connectivity index (χ1n) is 12.2. The van der Waals surface area contributed by atoms with E-state index in [-0.39, 0.29) is 19.2 Å². The molecule has 0 spiro atoms. The quantitative estimate of drug-likeness (QED) is 0.497. The Bertz CT molecular complexity index is 1440. The first-order valence-corrected chi connectivity index (χ1v) is 12.7. The number of halogens is 1. The number of benzene rings is 2. The number of imide groups is 1. The molecule has 1 aliphatic carbocycles. The Morgan fingerprint density at radius 1 is 1.21 bits per heavy atom. The molecular formula is C27H28FN5O4S. The fourth-order valence-corrected chi connectivity index (χ4v) is 5.56. The molecule has 0 saturated carbocycles. The Hall–Kier alpha value is -3.86. The molecular weight excluding hydrogens is 509 g/mol. The Kier molecular flexibility index (Phi) is 6.64. The molecule has 0 radical (unpaired) electrons. The third kappa shape index (κ3) is 4.62. The number of amides is 4. The molecule has 2 aliphatic rings. The molecule has 38 heavy (non-hydrogen) atoms. The average molecular weight is 538 g/mol. The molecule has 1 aromatic heterocycles. The molecule has 1 aliphatic heterocycles. The molecule has 11 heteroatoms. The summed E-state index contributed by atoms with van der Waals surface area (Å²) in [5, 5.41) is 4.21. The number of rotatable bonds is 4. The first kappa shape index (κ1) is 25.8. The minimum atomic E-state index is -1.32. The summed E-state index contributed by atoms with van der Waals surface area (Å²) in [6.07, 6.45) is 4.58. The van der Waals surface area contributed by atoms with Crippen molar-refractivity contribution in [3.63, 3.8) is 0 Å². The minimum absolute atomic E-state index is 0.0693. The molecule has 4 amide bonds. The van der Waals surface area contributed by atoms with Crippen LogP contribution < -0.4 is 10.5 Å². The Labute approximate surface area is 224 Å². The molecule has 9 nitrogen and oxygen atoms in total. The Balaban J connectivity index is 1.38.